The van der Waals surface area contributed by atoms with Crippen molar-refractivity contribution in [2.45, 2.75) is 13.8 Å². The summed E-state index contributed by atoms with van der Waals surface area (Å²) in [6.45, 7) is 4.11. The lowest BCUT2D eigenvalue weighted by atomic mass is 10.1. The lowest BCUT2D eigenvalue weighted by Crippen LogP contribution is -1.92. The molecule has 0 saturated carbocycles. The molecule has 0 unspecified atom stereocenters. The van der Waals surface area contributed by atoms with Gasteiger partial charge >= 0.3 is 0 Å². The average Bonchev–Trinajstić information content (AvgIpc) is 2.48. The molecule has 1 heterocycles. The number of rotatable bonds is 1. The summed E-state index contributed by atoms with van der Waals surface area (Å²) in [7, 11) is 1.92. The van der Waals surface area contributed by atoms with E-state index in [0.29, 0.717) is 0 Å². The van der Waals surface area contributed by atoms with Gasteiger partial charge in [0.25, 0.3) is 0 Å². The summed E-state index contributed by atoms with van der Waals surface area (Å²) >= 11 is 0. The highest BCUT2D eigenvalue weighted by Crippen LogP contribution is 2.26. The molecule has 1 aromatic carbocycles. The van der Waals surface area contributed by atoms with Crippen molar-refractivity contribution in [1.29, 1.82) is 0 Å². The van der Waals surface area contributed by atoms with E-state index in [1.165, 1.54) is 10.9 Å². The van der Waals surface area contributed by atoms with Gasteiger partial charge in [-0.2, -0.15) is 5.10 Å². The number of anilines is 1. The largest absolute Gasteiger partial charge is 0.386 e. The Hall–Kier alpha value is -1.51. The minimum atomic E-state index is 1.03. The monoisotopic (exact) mass is 175 g/mol. The van der Waals surface area contributed by atoms with Gasteiger partial charge in [-0.25, -0.2) is 0 Å². The number of H-pyrrole nitrogens is 1. The van der Waals surface area contributed by atoms with Gasteiger partial charge in [-0.3, -0.25) is 5.10 Å². The SMILES string of the molecule is CNc1c(C)ccc2c(C)[nH]nc12. The van der Waals surface area contributed by atoms with Crippen molar-refractivity contribution in [3.8, 4) is 0 Å². The number of hydrogen-bond donors (Lipinski definition) is 2. The molecule has 0 amide bonds. The van der Waals surface area contributed by atoms with E-state index in [9.17, 15) is 0 Å². The number of aromatic amines is 1. The summed E-state index contributed by atoms with van der Waals surface area (Å²) in [4.78, 5) is 0. The molecule has 2 rings (SSSR count). The van der Waals surface area contributed by atoms with Crippen molar-refractivity contribution >= 4 is 16.6 Å². The van der Waals surface area contributed by atoms with E-state index in [4.69, 9.17) is 0 Å². The molecule has 0 atom stereocenters. The van der Waals surface area contributed by atoms with Gasteiger partial charge in [0, 0.05) is 18.1 Å². The second-order valence-corrected chi connectivity index (χ2v) is 3.25. The van der Waals surface area contributed by atoms with Crippen molar-refractivity contribution in [2.75, 3.05) is 12.4 Å². The molecule has 0 aliphatic heterocycles. The van der Waals surface area contributed by atoms with Gasteiger partial charge in [0.15, 0.2) is 0 Å². The quantitative estimate of drug-likeness (QED) is 0.697. The molecular weight excluding hydrogens is 162 g/mol. The van der Waals surface area contributed by atoms with Crippen LogP contribution in [-0.2, 0) is 0 Å². The third kappa shape index (κ3) is 1.08. The Morgan fingerprint density at radius 1 is 1.31 bits per heavy atom. The molecule has 1 aromatic heterocycles. The standard InChI is InChI=1S/C10H13N3/c1-6-4-5-8-7(2)12-13-10(8)9(6)11-3/h4-5,11H,1-3H3,(H,12,13). The Bertz CT molecular complexity index is 443. The minimum absolute atomic E-state index is 1.03. The average molecular weight is 175 g/mol. The number of benzene rings is 1. The molecule has 0 radical (unpaired) electrons. The molecule has 0 spiro atoms. The first kappa shape index (κ1) is 8.10. The highest BCUT2D eigenvalue weighted by Gasteiger charge is 2.07. The van der Waals surface area contributed by atoms with Crippen LogP contribution in [0.2, 0.25) is 0 Å². The molecular formula is C10H13N3. The van der Waals surface area contributed by atoms with Gasteiger partial charge < -0.3 is 5.32 Å². The molecule has 0 fully saturated rings. The summed E-state index contributed by atoms with van der Waals surface area (Å²) in [6.07, 6.45) is 0. The summed E-state index contributed by atoms with van der Waals surface area (Å²) in [6, 6.07) is 4.21. The first-order chi connectivity index (χ1) is 6.24. The van der Waals surface area contributed by atoms with Crippen molar-refractivity contribution in [3.63, 3.8) is 0 Å². The van der Waals surface area contributed by atoms with Crippen LogP contribution in [0.4, 0.5) is 5.69 Å². The van der Waals surface area contributed by atoms with Crippen LogP contribution >= 0.6 is 0 Å². The lowest BCUT2D eigenvalue weighted by molar-refractivity contribution is 1.07. The number of aryl methyl sites for hydroxylation is 2. The van der Waals surface area contributed by atoms with Gasteiger partial charge in [0.1, 0.15) is 5.52 Å². The van der Waals surface area contributed by atoms with E-state index in [-0.39, 0.29) is 0 Å². The molecule has 68 valence electrons. The minimum Gasteiger partial charge on any atom is -0.386 e. The Labute approximate surface area is 77.2 Å². The molecule has 3 heteroatoms. The maximum atomic E-state index is 4.26. The molecule has 2 N–H and O–H groups in total. The van der Waals surface area contributed by atoms with E-state index in [0.717, 1.165) is 16.9 Å². The van der Waals surface area contributed by atoms with Crippen LogP contribution in [0.15, 0.2) is 12.1 Å². The number of nitrogens with zero attached hydrogens (tertiary/aromatic N) is 1. The topological polar surface area (TPSA) is 40.7 Å². The second-order valence-electron chi connectivity index (χ2n) is 3.25. The van der Waals surface area contributed by atoms with Crippen LogP contribution in [0.25, 0.3) is 10.9 Å². The first-order valence-electron chi connectivity index (χ1n) is 4.36. The van der Waals surface area contributed by atoms with Gasteiger partial charge in [-0.1, -0.05) is 12.1 Å². The number of fused-ring (bicyclic) bond motifs is 1. The van der Waals surface area contributed by atoms with Crippen molar-refractivity contribution in [3.05, 3.63) is 23.4 Å². The van der Waals surface area contributed by atoms with Crippen molar-refractivity contribution in [1.82, 2.24) is 10.2 Å². The molecule has 0 aliphatic carbocycles. The summed E-state index contributed by atoms with van der Waals surface area (Å²) in [5.41, 5.74) is 4.48. The lowest BCUT2D eigenvalue weighted by Gasteiger charge is -2.04. The summed E-state index contributed by atoms with van der Waals surface area (Å²) in [5.74, 6) is 0. The molecule has 0 bridgehead atoms. The van der Waals surface area contributed by atoms with Crippen molar-refractivity contribution < 1.29 is 0 Å². The van der Waals surface area contributed by atoms with Crippen LogP contribution in [0, 0.1) is 13.8 Å². The predicted octanol–water partition coefficient (Wildman–Crippen LogP) is 2.22. The van der Waals surface area contributed by atoms with E-state index >= 15 is 0 Å². The molecule has 2 aromatic rings. The number of hydrogen-bond acceptors (Lipinski definition) is 2. The van der Waals surface area contributed by atoms with E-state index in [1.54, 1.807) is 0 Å². The zero-order chi connectivity index (χ0) is 9.42. The van der Waals surface area contributed by atoms with Crippen LogP contribution < -0.4 is 5.32 Å². The zero-order valence-electron chi connectivity index (χ0n) is 8.10. The van der Waals surface area contributed by atoms with Crippen LogP contribution in [0.1, 0.15) is 11.3 Å². The molecule has 0 saturated heterocycles. The summed E-state index contributed by atoms with van der Waals surface area (Å²) < 4.78 is 0. The first-order valence-corrected chi connectivity index (χ1v) is 4.36. The van der Waals surface area contributed by atoms with Gasteiger partial charge in [0.05, 0.1) is 5.69 Å². The van der Waals surface area contributed by atoms with E-state index < -0.39 is 0 Å². The third-order valence-corrected chi connectivity index (χ3v) is 2.38. The Kier molecular flexibility index (Phi) is 1.72. The van der Waals surface area contributed by atoms with Crippen LogP contribution in [-0.4, -0.2) is 17.2 Å². The van der Waals surface area contributed by atoms with Gasteiger partial charge in [0.2, 0.25) is 0 Å². The fraction of sp³-hybridized carbons (Fsp3) is 0.300. The highest BCUT2D eigenvalue weighted by atomic mass is 15.1. The van der Waals surface area contributed by atoms with Crippen molar-refractivity contribution in [2.24, 2.45) is 0 Å². The molecule has 3 nitrogen and oxygen atoms in total. The normalized spacial score (nSPS) is 10.7. The smallest absolute Gasteiger partial charge is 0.116 e. The Morgan fingerprint density at radius 3 is 2.77 bits per heavy atom. The number of aromatic nitrogens is 2. The molecule has 13 heavy (non-hydrogen) atoms. The summed E-state index contributed by atoms with van der Waals surface area (Å²) in [5, 5.41) is 11.6. The van der Waals surface area contributed by atoms with Gasteiger partial charge in [-0.15, -0.1) is 0 Å². The van der Waals surface area contributed by atoms with E-state index in [1.807, 2.05) is 14.0 Å². The Balaban J connectivity index is 2.85. The zero-order valence-corrected chi connectivity index (χ0v) is 8.10. The maximum absolute atomic E-state index is 4.26. The highest BCUT2D eigenvalue weighted by molar-refractivity contribution is 5.93. The fourth-order valence-corrected chi connectivity index (χ4v) is 1.63. The maximum Gasteiger partial charge on any atom is 0.116 e. The van der Waals surface area contributed by atoms with E-state index in [2.05, 4.69) is 34.6 Å². The van der Waals surface area contributed by atoms with Crippen LogP contribution in [0.5, 0.6) is 0 Å². The Morgan fingerprint density at radius 2 is 2.08 bits per heavy atom. The number of nitrogens with one attached hydrogen (secondary N) is 2. The molecule has 0 aliphatic rings. The van der Waals surface area contributed by atoms with Gasteiger partial charge in [-0.05, 0) is 19.4 Å². The second kappa shape index (κ2) is 2.76. The third-order valence-electron chi connectivity index (χ3n) is 2.38. The fourth-order valence-electron chi connectivity index (χ4n) is 1.63. The predicted molar refractivity (Wildman–Crippen MR) is 55.1 cm³/mol. The van der Waals surface area contributed by atoms with Crippen LogP contribution in [0.3, 0.4) is 0 Å².